The molecule has 2 heterocycles. The molecule has 6 nitrogen and oxygen atoms in total. The van der Waals surface area contributed by atoms with E-state index in [1.165, 1.54) is 28.2 Å². The highest BCUT2D eigenvalue weighted by atomic mass is 32.1. The van der Waals surface area contributed by atoms with Crippen LogP contribution in [0.15, 0.2) is 84.9 Å². The highest BCUT2D eigenvalue weighted by molar-refractivity contribution is 7.07. The molecule has 0 saturated carbocycles. The average molecular weight is 525 g/mol. The van der Waals surface area contributed by atoms with Gasteiger partial charge in [-0.1, -0.05) is 84.4 Å². The van der Waals surface area contributed by atoms with E-state index >= 15 is 0 Å². The zero-order valence-corrected chi connectivity index (χ0v) is 22.4. The van der Waals surface area contributed by atoms with Gasteiger partial charge >= 0.3 is 0 Å². The Hall–Kier alpha value is -3.81. The largest absolute Gasteiger partial charge is 0.430 e. The minimum atomic E-state index is 0.169. The summed E-state index contributed by atoms with van der Waals surface area (Å²) in [5.41, 5.74) is 4.60. The Morgan fingerprint density at radius 3 is 2.37 bits per heavy atom. The molecule has 1 aliphatic heterocycles. The summed E-state index contributed by atoms with van der Waals surface area (Å²) in [6.45, 7) is 6.30. The lowest BCUT2D eigenvalue weighted by Gasteiger charge is -2.34. The van der Waals surface area contributed by atoms with Crippen LogP contribution in [0.5, 0.6) is 10.9 Å². The topological polar surface area (TPSA) is 58.6 Å². The Kier molecular flexibility index (Phi) is 8.58. The fraction of sp³-hybridized carbons (Fsp3) is 0.258. The van der Waals surface area contributed by atoms with Gasteiger partial charge in [-0.3, -0.25) is 9.69 Å². The summed E-state index contributed by atoms with van der Waals surface area (Å²) in [7, 11) is 0. The molecule has 1 aliphatic rings. The molecule has 194 valence electrons. The molecule has 5 rings (SSSR count). The van der Waals surface area contributed by atoms with Crippen molar-refractivity contribution in [2.24, 2.45) is 0 Å². The van der Waals surface area contributed by atoms with Crippen molar-refractivity contribution in [1.29, 1.82) is 0 Å². The van der Waals surface area contributed by atoms with Gasteiger partial charge in [-0.15, -0.1) is 0 Å². The first-order valence-corrected chi connectivity index (χ1v) is 13.7. The Labute approximate surface area is 228 Å². The number of nitrogens with zero attached hydrogens (tertiary/aromatic N) is 4. The van der Waals surface area contributed by atoms with Crippen molar-refractivity contribution in [2.45, 2.75) is 19.8 Å². The standard InChI is InChI=1S/C31H32N4O2S/c1-24-9-11-26(12-10-24)22-29-32-31(38-33-29)37-28-15-13-27(14-16-28)23-30(36)35-20-18-34(19-21-35)17-5-8-25-6-3-2-4-7-25/h2-16H,17-23H2,1H3. The van der Waals surface area contributed by atoms with Gasteiger partial charge in [-0.25, -0.2) is 0 Å². The second-order valence-electron chi connectivity index (χ2n) is 9.56. The average Bonchev–Trinajstić information content (AvgIpc) is 3.38. The van der Waals surface area contributed by atoms with Crippen LogP contribution >= 0.6 is 11.5 Å². The maximum absolute atomic E-state index is 12.9. The highest BCUT2D eigenvalue weighted by Crippen LogP contribution is 2.24. The summed E-state index contributed by atoms with van der Waals surface area (Å²) >= 11 is 1.25. The maximum Gasteiger partial charge on any atom is 0.298 e. The van der Waals surface area contributed by atoms with Gasteiger partial charge in [0.2, 0.25) is 5.91 Å². The third-order valence-corrected chi connectivity index (χ3v) is 7.25. The number of hydrogen-bond acceptors (Lipinski definition) is 6. The molecule has 1 amide bonds. The van der Waals surface area contributed by atoms with Crippen molar-refractivity contribution < 1.29 is 9.53 Å². The van der Waals surface area contributed by atoms with Crippen molar-refractivity contribution in [3.63, 3.8) is 0 Å². The van der Waals surface area contributed by atoms with Crippen molar-refractivity contribution in [3.8, 4) is 10.9 Å². The summed E-state index contributed by atoms with van der Waals surface area (Å²) in [6, 6.07) is 26.4. The highest BCUT2D eigenvalue weighted by Gasteiger charge is 2.20. The molecule has 0 unspecified atom stereocenters. The molecule has 0 atom stereocenters. The van der Waals surface area contributed by atoms with E-state index in [1.54, 1.807) is 0 Å². The lowest BCUT2D eigenvalue weighted by molar-refractivity contribution is -0.132. The van der Waals surface area contributed by atoms with E-state index in [0.717, 1.165) is 44.1 Å². The molecule has 1 aromatic heterocycles. The van der Waals surface area contributed by atoms with Gasteiger partial charge in [0, 0.05) is 50.7 Å². The number of carbonyl (C=O) groups is 1. The van der Waals surface area contributed by atoms with Gasteiger partial charge < -0.3 is 9.64 Å². The van der Waals surface area contributed by atoms with E-state index in [-0.39, 0.29) is 5.91 Å². The van der Waals surface area contributed by atoms with Crippen LogP contribution in [0.4, 0.5) is 0 Å². The number of benzene rings is 3. The summed E-state index contributed by atoms with van der Waals surface area (Å²) in [6.07, 6.45) is 5.43. The minimum Gasteiger partial charge on any atom is -0.430 e. The summed E-state index contributed by atoms with van der Waals surface area (Å²) in [4.78, 5) is 21.7. The predicted molar refractivity (Wildman–Crippen MR) is 153 cm³/mol. The first-order valence-electron chi connectivity index (χ1n) is 13.0. The number of rotatable bonds is 9. The maximum atomic E-state index is 12.9. The number of carbonyl (C=O) groups excluding carboxylic acids is 1. The number of ether oxygens (including phenoxy) is 1. The van der Waals surface area contributed by atoms with Gasteiger partial charge in [0.15, 0.2) is 5.82 Å². The molecular weight excluding hydrogens is 492 g/mol. The third-order valence-electron chi connectivity index (χ3n) is 6.61. The van der Waals surface area contributed by atoms with Crippen LogP contribution in [-0.2, 0) is 17.6 Å². The Morgan fingerprint density at radius 2 is 1.63 bits per heavy atom. The van der Waals surface area contributed by atoms with E-state index in [1.807, 2.05) is 47.4 Å². The molecule has 7 heteroatoms. The predicted octanol–water partition coefficient (Wildman–Crippen LogP) is 5.63. The van der Waals surface area contributed by atoms with Crippen molar-refractivity contribution in [1.82, 2.24) is 19.2 Å². The Morgan fingerprint density at radius 1 is 0.921 bits per heavy atom. The van der Waals surface area contributed by atoms with Crippen molar-refractivity contribution in [3.05, 3.63) is 113 Å². The molecule has 1 saturated heterocycles. The molecular formula is C31H32N4O2S. The van der Waals surface area contributed by atoms with Crippen LogP contribution in [0.3, 0.4) is 0 Å². The lowest BCUT2D eigenvalue weighted by atomic mass is 10.1. The SMILES string of the molecule is Cc1ccc(Cc2nsc(Oc3ccc(CC(=O)N4CCN(CC=Cc5ccccc5)CC4)cc3)n2)cc1. The molecule has 0 spiro atoms. The van der Waals surface area contributed by atoms with E-state index in [0.29, 0.717) is 23.8 Å². The normalized spacial score (nSPS) is 14.2. The zero-order chi connectivity index (χ0) is 26.2. The molecule has 0 aliphatic carbocycles. The zero-order valence-electron chi connectivity index (χ0n) is 21.6. The van der Waals surface area contributed by atoms with Crippen molar-refractivity contribution >= 4 is 23.5 Å². The van der Waals surface area contributed by atoms with E-state index < -0.39 is 0 Å². The van der Waals surface area contributed by atoms with Gasteiger partial charge in [0.25, 0.3) is 5.19 Å². The number of hydrogen-bond donors (Lipinski definition) is 0. The van der Waals surface area contributed by atoms with E-state index in [2.05, 4.69) is 69.7 Å². The molecule has 1 fully saturated rings. The van der Waals surface area contributed by atoms with Gasteiger partial charge in [0.1, 0.15) is 5.75 Å². The van der Waals surface area contributed by atoms with E-state index in [9.17, 15) is 4.79 Å². The van der Waals surface area contributed by atoms with Crippen LogP contribution in [0, 0.1) is 6.92 Å². The smallest absolute Gasteiger partial charge is 0.298 e. The van der Waals surface area contributed by atoms with Crippen LogP contribution in [0.2, 0.25) is 0 Å². The Bertz CT molecular complexity index is 1340. The first kappa shape index (κ1) is 25.8. The number of aromatic nitrogens is 2. The van der Waals surface area contributed by atoms with Crippen LogP contribution in [0.25, 0.3) is 6.08 Å². The minimum absolute atomic E-state index is 0.169. The second-order valence-corrected chi connectivity index (χ2v) is 10.3. The molecule has 0 bridgehead atoms. The molecule has 0 N–H and O–H groups in total. The fourth-order valence-corrected chi connectivity index (χ4v) is 4.95. The fourth-order valence-electron chi connectivity index (χ4n) is 4.38. The lowest BCUT2D eigenvalue weighted by Crippen LogP contribution is -2.49. The van der Waals surface area contributed by atoms with Gasteiger partial charge in [-0.2, -0.15) is 9.36 Å². The number of aryl methyl sites for hydroxylation is 1. The van der Waals surface area contributed by atoms with Crippen LogP contribution in [0.1, 0.15) is 28.1 Å². The summed E-state index contributed by atoms with van der Waals surface area (Å²) in [5.74, 6) is 1.61. The van der Waals surface area contributed by atoms with Crippen molar-refractivity contribution in [2.75, 3.05) is 32.7 Å². The quantitative estimate of drug-likeness (QED) is 0.284. The van der Waals surface area contributed by atoms with E-state index in [4.69, 9.17) is 4.74 Å². The van der Waals surface area contributed by atoms with Gasteiger partial charge in [-0.05, 0) is 35.7 Å². The monoisotopic (exact) mass is 524 g/mol. The third kappa shape index (κ3) is 7.37. The molecule has 38 heavy (non-hydrogen) atoms. The van der Waals surface area contributed by atoms with Gasteiger partial charge in [0.05, 0.1) is 6.42 Å². The van der Waals surface area contributed by atoms with Crippen LogP contribution < -0.4 is 4.74 Å². The Balaban J connectivity index is 1.06. The number of piperazine rings is 1. The molecule has 3 aromatic carbocycles. The first-order chi connectivity index (χ1) is 18.6. The number of amides is 1. The second kappa shape index (κ2) is 12.6. The summed E-state index contributed by atoms with van der Waals surface area (Å²) < 4.78 is 10.3. The molecule has 0 radical (unpaired) electrons. The summed E-state index contributed by atoms with van der Waals surface area (Å²) in [5, 5.41) is 0.521. The molecule has 4 aromatic rings. The van der Waals surface area contributed by atoms with Crippen LogP contribution in [-0.4, -0.2) is 57.8 Å².